The zero-order valence-corrected chi connectivity index (χ0v) is 13.9. The normalized spacial score (nSPS) is 19.2. The molecule has 2 aliphatic rings. The molecule has 0 aromatic carbocycles. The second kappa shape index (κ2) is 5.62. The van der Waals surface area contributed by atoms with Crippen LogP contribution < -0.4 is 5.32 Å². The van der Waals surface area contributed by atoms with Gasteiger partial charge in [0.1, 0.15) is 11.3 Å². The number of amides is 1. The van der Waals surface area contributed by atoms with Gasteiger partial charge in [-0.05, 0) is 51.5 Å². The molecule has 0 spiro atoms. The Labute approximate surface area is 136 Å². The van der Waals surface area contributed by atoms with Gasteiger partial charge >= 0.3 is 0 Å². The summed E-state index contributed by atoms with van der Waals surface area (Å²) in [5, 5.41) is 3.15. The van der Waals surface area contributed by atoms with Gasteiger partial charge in [0, 0.05) is 24.7 Å². The van der Waals surface area contributed by atoms with Crippen LogP contribution in [0.2, 0.25) is 0 Å². The first-order valence-corrected chi connectivity index (χ1v) is 8.81. The third kappa shape index (κ3) is 2.73. The fraction of sp³-hybridized carbons (Fsp3) is 0.611. The van der Waals surface area contributed by atoms with Gasteiger partial charge in [-0.3, -0.25) is 4.79 Å². The lowest BCUT2D eigenvalue weighted by atomic mass is 10.1. The van der Waals surface area contributed by atoms with Crippen molar-refractivity contribution in [1.29, 1.82) is 0 Å². The van der Waals surface area contributed by atoms with Gasteiger partial charge in [-0.25, -0.2) is 9.97 Å². The maximum atomic E-state index is 12.7. The van der Waals surface area contributed by atoms with Crippen LogP contribution in [0.5, 0.6) is 0 Å². The fourth-order valence-electron chi connectivity index (χ4n) is 3.59. The van der Waals surface area contributed by atoms with Crippen LogP contribution >= 0.6 is 0 Å². The van der Waals surface area contributed by atoms with Crippen LogP contribution in [-0.4, -0.2) is 26.5 Å². The molecule has 1 fully saturated rings. The summed E-state index contributed by atoms with van der Waals surface area (Å²) in [5.41, 5.74) is 3.22. The number of hydrogen-bond acceptors (Lipinski definition) is 3. The van der Waals surface area contributed by atoms with Crippen molar-refractivity contribution in [2.24, 2.45) is 5.92 Å². The Morgan fingerprint density at radius 3 is 2.91 bits per heavy atom. The van der Waals surface area contributed by atoms with Crippen molar-refractivity contribution < 1.29 is 4.79 Å². The van der Waals surface area contributed by atoms with Gasteiger partial charge < -0.3 is 9.88 Å². The van der Waals surface area contributed by atoms with Crippen LogP contribution in [0.4, 0.5) is 0 Å². The molecule has 0 bridgehead atoms. The number of hydrogen-bond donors (Lipinski definition) is 1. The molecule has 5 nitrogen and oxygen atoms in total. The summed E-state index contributed by atoms with van der Waals surface area (Å²) < 4.78 is 2.22. The molecule has 0 radical (unpaired) electrons. The highest BCUT2D eigenvalue weighted by molar-refractivity contribution is 6.04. The molecule has 1 amide bonds. The predicted molar refractivity (Wildman–Crippen MR) is 89.5 cm³/mol. The Morgan fingerprint density at radius 1 is 1.30 bits per heavy atom. The molecule has 2 aromatic rings. The number of pyridine rings is 1. The lowest BCUT2D eigenvalue weighted by Gasteiger charge is -2.13. The number of fused-ring (bicyclic) bond motifs is 3. The van der Waals surface area contributed by atoms with Crippen molar-refractivity contribution in [3.05, 3.63) is 23.1 Å². The average molecular weight is 312 g/mol. The average Bonchev–Trinajstić information content (AvgIpc) is 3.33. The Bertz CT molecular complexity index is 760. The van der Waals surface area contributed by atoms with Crippen LogP contribution in [0.3, 0.4) is 0 Å². The van der Waals surface area contributed by atoms with E-state index in [2.05, 4.69) is 21.8 Å². The fourth-order valence-corrected chi connectivity index (χ4v) is 3.59. The van der Waals surface area contributed by atoms with Crippen molar-refractivity contribution in [3.63, 3.8) is 0 Å². The van der Waals surface area contributed by atoms with Crippen LogP contribution in [0.1, 0.15) is 60.9 Å². The number of nitrogens with one attached hydrogen (secondary N) is 1. The second-order valence-corrected chi connectivity index (χ2v) is 7.07. The summed E-state index contributed by atoms with van der Waals surface area (Å²) in [4.78, 5) is 22.2. The van der Waals surface area contributed by atoms with E-state index >= 15 is 0 Å². The molecule has 23 heavy (non-hydrogen) atoms. The number of carbonyl (C=O) groups excluding carboxylic acids is 1. The molecule has 0 saturated heterocycles. The minimum atomic E-state index is -0.00633. The Morgan fingerprint density at radius 2 is 2.13 bits per heavy atom. The summed E-state index contributed by atoms with van der Waals surface area (Å²) in [6, 6.07) is 2.12. The molecule has 122 valence electrons. The quantitative estimate of drug-likeness (QED) is 0.948. The number of aryl methyl sites for hydroxylation is 3. The summed E-state index contributed by atoms with van der Waals surface area (Å²) >= 11 is 0. The zero-order valence-electron chi connectivity index (χ0n) is 13.9. The van der Waals surface area contributed by atoms with E-state index in [-0.39, 0.29) is 11.9 Å². The van der Waals surface area contributed by atoms with E-state index < -0.39 is 0 Å². The molecule has 5 heteroatoms. The number of aromatic nitrogens is 3. The first-order chi connectivity index (χ1) is 11.1. The smallest absolute Gasteiger partial charge is 0.253 e. The highest BCUT2D eigenvalue weighted by atomic mass is 16.1. The topological polar surface area (TPSA) is 59.8 Å². The van der Waals surface area contributed by atoms with Crippen LogP contribution in [0, 0.1) is 12.8 Å². The summed E-state index contributed by atoms with van der Waals surface area (Å²) in [6.07, 6.45) is 7.00. The van der Waals surface area contributed by atoms with Crippen molar-refractivity contribution in [2.45, 2.75) is 65.0 Å². The highest BCUT2D eigenvalue weighted by Gasteiger charge is 2.30. The Balaban J connectivity index is 1.75. The highest BCUT2D eigenvalue weighted by Crippen LogP contribution is 2.32. The molecular formula is C18H24N4O. The SMILES string of the molecule is Cc1cc(C(=O)NC(C)C2CC2)c2nc3n(c2n1)CCCCC3. The molecule has 4 rings (SSSR count). The Hall–Kier alpha value is -1.91. The second-order valence-electron chi connectivity index (χ2n) is 7.07. The molecule has 1 atom stereocenters. The minimum Gasteiger partial charge on any atom is -0.349 e. The van der Waals surface area contributed by atoms with Crippen LogP contribution in [0.25, 0.3) is 11.2 Å². The van der Waals surface area contributed by atoms with E-state index in [4.69, 9.17) is 4.98 Å². The molecule has 1 unspecified atom stereocenters. The largest absolute Gasteiger partial charge is 0.349 e. The molecule has 2 aromatic heterocycles. The van der Waals surface area contributed by atoms with E-state index in [0.29, 0.717) is 11.5 Å². The maximum absolute atomic E-state index is 12.7. The van der Waals surface area contributed by atoms with Gasteiger partial charge in [0.2, 0.25) is 0 Å². The van der Waals surface area contributed by atoms with Crippen molar-refractivity contribution in [3.8, 4) is 0 Å². The van der Waals surface area contributed by atoms with E-state index in [1.165, 1.54) is 25.7 Å². The first kappa shape index (κ1) is 14.7. The maximum Gasteiger partial charge on any atom is 0.253 e. The van der Waals surface area contributed by atoms with Crippen LogP contribution in [0.15, 0.2) is 6.07 Å². The predicted octanol–water partition coefficient (Wildman–Crippen LogP) is 2.99. The summed E-state index contributed by atoms with van der Waals surface area (Å²) in [7, 11) is 0. The lowest BCUT2D eigenvalue weighted by molar-refractivity contribution is 0.0937. The van der Waals surface area contributed by atoms with Gasteiger partial charge in [0.15, 0.2) is 5.65 Å². The molecule has 1 aliphatic carbocycles. The van der Waals surface area contributed by atoms with E-state index in [1.54, 1.807) is 0 Å². The summed E-state index contributed by atoms with van der Waals surface area (Å²) in [5.74, 6) is 1.73. The van der Waals surface area contributed by atoms with Gasteiger partial charge in [-0.2, -0.15) is 0 Å². The number of rotatable bonds is 3. The van der Waals surface area contributed by atoms with E-state index in [9.17, 15) is 4.79 Å². The third-order valence-electron chi connectivity index (χ3n) is 5.13. The first-order valence-electron chi connectivity index (χ1n) is 8.81. The number of nitrogens with zero attached hydrogens (tertiary/aromatic N) is 3. The standard InChI is InChI=1S/C18H24N4O/c1-11-10-14(18(23)20-12(2)13-7-8-13)16-17(19-11)22-9-5-3-4-6-15(22)21-16/h10,12-13H,3-9H2,1-2H3,(H,20,23). The van der Waals surface area contributed by atoms with Gasteiger partial charge in [-0.1, -0.05) is 6.42 Å². The lowest BCUT2D eigenvalue weighted by Crippen LogP contribution is -2.34. The summed E-state index contributed by atoms with van der Waals surface area (Å²) in [6.45, 7) is 5.02. The van der Waals surface area contributed by atoms with Gasteiger partial charge in [-0.15, -0.1) is 0 Å². The van der Waals surface area contributed by atoms with Gasteiger partial charge in [0.05, 0.1) is 5.56 Å². The van der Waals surface area contributed by atoms with Gasteiger partial charge in [0.25, 0.3) is 5.91 Å². The minimum absolute atomic E-state index is 0.00633. The van der Waals surface area contributed by atoms with Crippen molar-refractivity contribution in [1.82, 2.24) is 19.9 Å². The monoisotopic (exact) mass is 312 g/mol. The molecular weight excluding hydrogens is 288 g/mol. The zero-order chi connectivity index (χ0) is 16.0. The van der Waals surface area contributed by atoms with Crippen molar-refractivity contribution in [2.75, 3.05) is 0 Å². The van der Waals surface area contributed by atoms with E-state index in [1.807, 2.05) is 13.0 Å². The molecule has 1 N–H and O–H groups in total. The van der Waals surface area contributed by atoms with Crippen LogP contribution in [-0.2, 0) is 13.0 Å². The molecule has 3 heterocycles. The number of carbonyl (C=O) groups is 1. The molecule has 1 saturated carbocycles. The van der Waals surface area contributed by atoms with Crippen molar-refractivity contribution >= 4 is 17.1 Å². The number of imidazole rings is 1. The Kier molecular flexibility index (Phi) is 3.58. The third-order valence-corrected chi connectivity index (χ3v) is 5.13. The molecule has 1 aliphatic heterocycles. The van der Waals surface area contributed by atoms with E-state index in [0.717, 1.165) is 42.1 Å².